The number of amides is 6. The van der Waals surface area contributed by atoms with E-state index in [-0.39, 0.29) is 18.1 Å². The first-order valence-electron chi connectivity index (χ1n) is 18.4. The van der Waals surface area contributed by atoms with Gasteiger partial charge >= 0.3 is 0 Å². The molecule has 6 amide bonds. The van der Waals surface area contributed by atoms with Gasteiger partial charge in [-0.25, -0.2) is 9.97 Å². The van der Waals surface area contributed by atoms with E-state index in [0.29, 0.717) is 5.56 Å². The van der Waals surface area contributed by atoms with Gasteiger partial charge in [0.1, 0.15) is 6.04 Å². The van der Waals surface area contributed by atoms with Gasteiger partial charge in [-0.05, 0) is 29.3 Å². The van der Waals surface area contributed by atoms with Crippen molar-refractivity contribution in [2.75, 3.05) is 23.9 Å². The SMILES string of the molecule is CN(C)c1ccc(CN(c2ncccn2)C(O)C(=O)NC(C(=O)NC(NC(=N)N)C(=O)NC(NC(=N)N)C(=O)NC(NC(=N)N)C(=O)NC(NC(=N)N)C(N)=O)c2ccccc2)cc1. The van der Waals surface area contributed by atoms with Crippen LogP contribution in [-0.4, -0.2) is 119 Å². The number of nitrogens with zero attached hydrogens (tertiary/aromatic N) is 4. The highest BCUT2D eigenvalue weighted by Crippen LogP contribution is 2.19. The molecule has 3 rings (SSSR count). The summed E-state index contributed by atoms with van der Waals surface area (Å²) in [5, 5.41) is 61.2. The molecule has 342 valence electrons. The molecule has 2 aromatic carbocycles. The first-order chi connectivity index (χ1) is 30.2. The Hall–Kier alpha value is -9.02. The second kappa shape index (κ2) is 23.1. The van der Waals surface area contributed by atoms with Crippen LogP contribution >= 0.6 is 0 Å². The summed E-state index contributed by atoms with van der Waals surface area (Å²) in [6.45, 7) is -0.0659. The number of benzene rings is 2. The monoisotopic (exact) mass is 890 g/mol. The van der Waals surface area contributed by atoms with E-state index in [9.17, 15) is 33.9 Å². The van der Waals surface area contributed by atoms with Crippen LogP contribution in [0.2, 0.25) is 0 Å². The molecule has 0 aliphatic carbocycles. The van der Waals surface area contributed by atoms with Gasteiger partial charge in [0, 0.05) is 38.7 Å². The van der Waals surface area contributed by atoms with Crippen molar-refractivity contribution >= 4 is 70.9 Å². The molecule has 29 heteroatoms. The number of aromatic nitrogens is 2. The summed E-state index contributed by atoms with van der Waals surface area (Å²) in [6, 6.07) is 14.7. The van der Waals surface area contributed by atoms with E-state index in [2.05, 4.69) is 52.5 Å². The van der Waals surface area contributed by atoms with E-state index in [1.54, 1.807) is 18.2 Å². The zero-order valence-corrected chi connectivity index (χ0v) is 34.2. The van der Waals surface area contributed by atoms with Gasteiger partial charge < -0.3 is 91.4 Å². The first-order valence-corrected chi connectivity index (χ1v) is 18.4. The lowest BCUT2D eigenvalue weighted by Gasteiger charge is -2.30. The van der Waals surface area contributed by atoms with Crippen LogP contribution in [0.3, 0.4) is 0 Å². The Labute approximate surface area is 364 Å². The third kappa shape index (κ3) is 15.2. The van der Waals surface area contributed by atoms with Crippen molar-refractivity contribution in [3.8, 4) is 0 Å². The number of hydrogen-bond donors (Lipinski definition) is 19. The van der Waals surface area contributed by atoms with Crippen molar-refractivity contribution in [2.24, 2.45) is 28.7 Å². The second-order valence-corrected chi connectivity index (χ2v) is 13.4. The Balaban J connectivity index is 1.90. The van der Waals surface area contributed by atoms with E-state index < -0.39 is 96.2 Å². The summed E-state index contributed by atoms with van der Waals surface area (Å²) in [6.07, 6.45) is -7.09. The molecule has 0 spiro atoms. The normalized spacial score (nSPS) is 13.2. The minimum absolute atomic E-state index is 0.0356. The van der Waals surface area contributed by atoms with Gasteiger partial charge in [-0.3, -0.25) is 50.4 Å². The molecular weight excluding hydrogens is 841 g/mol. The lowest BCUT2D eigenvalue weighted by molar-refractivity contribution is -0.136. The van der Waals surface area contributed by atoms with Crippen molar-refractivity contribution in [1.82, 2.24) is 57.8 Å². The number of nitrogens with one attached hydrogen (secondary N) is 13. The van der Waals surface area contributed by atoms with Crippen molar-refractivity contribution in [2.45, 2.75) is 43.5 Å². The van der Waals surface area contributed by atoms with Crippen molar-refractivity contribution < 1.29 is 33.9 Å². The van der Waals surface area contributed by atoms with Gasteiger partial charge in [-0.2, -0.15) is 0 Å². The Kier molecular flexibility index (Phi) is 17.8. The lowest BCUT2D eigenvalue weighted by Crippen LogP contribution is -2.68. The molecule has 6 atom stereocenters. The number of aliphatic hydroxyl groups is 1. The Morgan fingerprint density at radius 2 is 0.984 bits per heavy atom. The molecule has 24 N–H and O–H groups in total. The maximum atomic E-state index is 14.1. The summed E-state index contributed by atoms with van der Waals surface area (Å²) >= 11 is 0. The van der Waals surface area contributed by atoms with Crippen LogP contribution in [0.1, 0.15) is 17.2 Å². The molecular formula is C35H50N22O7. The van der Waals surface area contributed by atoms with Crippen molar-refractivity contribution in [3.05, 3.63) is 84.2 Å². The quantitative estimate of drug-likeness (QED) is 0.0268. The molecule has 1 aromatic heterocycles. The fraction of sp³-hybridized carbons (Fsp3) is 0.257. The summed E-state index contributed by atoms with van der Waals surface area (Å²) in [7, 11) is 3.72. The molecule has 0 bridgehead atoms. The minimum atomic E-state index is -2.07. The average Bonchev–Trinajstić information content (AvgIpc) is 3.23. The van der Waals surface area contributed by atoms with E-state index in [0.717, 1.165) is 5.69 Å². The zero-order chi connectivity index (χ0) is 47.7. The van der Waals surface area contributed by atoms with Crippen LogP contribution in [0.5, 0.6) is 0 Å². The molecule has 0 saturated carbocycles. The van der Waals surface area contributed by atoms with Gasteiger partial charge in [0.15, 0.2) is 48.5 Å². The number of primary amides is 1. The third-order valence-corrected chi connectivity index (χ3v) is 8.24. The molecule has 6 unspecified atom stereocenters. The predicted octanol–water partition coefficient (Wildman–Crippen LogP) is -7.09. The number of aliphatic hydroxyl groups excluding tert-OH is 1. The second-order valence-electron chi connectivity index (χ2n) is 13.4. The van der Waals surface area contributed by atoms with Crippen LogP contribution < -0.4 is 86.3 Å². The highest BCUT2D eigenvalue weighted by atomic mass is 16.3. The largest absolute Gasteiger partial charge is 0.378 e. The van der Waals surface area contributed by atoms with E-state index in [4.69, 9.17) is 50.3 Å². The zero-order valence-electron chi connectivity index (χ0n) is 34.2. The van der Waals surface area contributed by atoms with Crippen molar-refractivity contribution in [1.29, 1.82) is 21.6 Å². The van der Waals surface area contributed by atoms with Crippen LogP contribution in [-0.2, 0) is 35.3 Å². The predicted molar refractivity (Wildman–Crippen MR) is 229 cm³/mol. The van der Waals surface area contributed by atoms with Crippen LogP contribution in [0.15, 0.2) is 73.1 Å². The molecule has 0 aliphatic heterocycles. The third-order valence-electron chi connectivity index (χ3n) is 8.24. The highest BCUT2D eigenvalue weighted by molar-refractivity contribution is 5.99. The van der Waals surface area contributed by atoms with Crippen LogP contribution in [0, 0.1) is 21.6 Å². The fourth-order valence-electron chi connectivity index (χ4n) is 5.31. The Bertz CT molecular complexity index is 2180. The number of rotatable bonds is 21. The number of guanidine groups is 4. The van der Waals surface area contributed by atoms with Crippen LogP contribution in [0.25, 0.3) is 0 Å². The maximum absolute atomic E-state index is 14.1. The number of nitrogens with two attached hydrogens (primary N) is 5. The molecule has 0 radical (unpaired) electrons. The maximum Gasteiger partial charge on any atom is 0.271 e. The molecule has 64 heavy (non-hydrogen) atoms. The molecule has 29 nitrogen and oxygen atoms in total. The minimum Gasteiger partial charge on any atom is -0.378 e. The number of anilines is 2. The lowest BCUT2D eigenvalue weighted by atomic mass is 10.1. The molecule has 1 heterocycles. The Morgan fingerprint density at radius 3 is 1.41 bits per heavy atom. The van der Waals surface area contributed by atoms with Gasteiger partial charge in [0.2, 0.25) is 18.1 Å². The van der Waals surface area contributed by atoms with E-state index in [1.165, 1.54) is 47.6 Å². The summed E-state index contributed by atoms with van der Waals surface area (Å²) in [5.74, 6) is -10.9. The van der Waals surface area contributed by atoms with Gasteiger partial charge in [-0.15, -0.1) is 0 Å². The first kappa shape index (κ1) is 49.3. The van der Waals surface area contributed by atoms with Crippen LogP contribution in [0.4, 0.5) is 11.6 Å². The summed E-state index contributed by atoms with van der Waals surface area (Å²) in [5.41, 5.74) is 28.4. The number of carbonyl (C=O) groups is 6. The van der Waals surface area contributed by atoms with E-state index >= 15 is 0 Å². The molecule has 0 fully saturated rings. The fourth-order valence-corrected chi connectivity index (χ4v) is 5.31. The Morgan fingerprint density at radius 1 is 0.562 bits per heavy atom. The average molecular weight is 891 g/mol. The smallest absolute Gasteiger partial charge is 0.271 e. The van der Waals surface area contributed by atoms with Gasteiger partial charge in [0.25, 0.3) is 29.5 Å². The molecule has 0 saturated heterocycles. The van der Waals surface area contributed by atoms with Gasteiger partial charge in [-0.1, -0.05) is 42.5 Å². The number of hydrogen-bond acceptors (Lipinski definition) is 15. The number of carbonyl (C=O) groups excluding carboxylic acids is 6. The highest BCUT2D eigenvalue weighted by Gasteiger charge is 2.35. The topological polar surface area (TPSA) is 489 Å². The molecule has 0 aliphatic rings. The van der Waals surface area contributed by atoms with E-state index in [1.807, 2.05) is 36.4 Å². The van der Waals surface area contributed by atoms with Gasteiger partial charge in [0.05, 0.1) is 0 Å². The summed E-state index contributed by atoms with van der Waals surface area (Å²) < 4.78 is 0. The molecule has 3 aromatic rings. The van der Waals surface area contributed by atoms with Crippen molar-refractivity contribution in [3.63, 3.8) is 0 Å². The summed E-state index contributed by atoms with van der Waals surface area (Å²) in [4.78, 5) is 91.4. The standard InChI is InChI=1S/C35H50N22O7/c1-56(2)18-11-9-16(10-12-18)15-57(35-45-13-6-14-46-35)30(64)29(63)47-19(17-7-4-3-5-8-17)25(59)49-22(53-32(39)40)27(61)51-24(55-34(43)44)28(62)50-23(54-33(41)42)26(60)48-21(20(36)58)52-31(37)38/h3-14,19,21-24,30,64H,15H2,1-2H3,(H2,36,58)(H,47,63)(H,48,60)(H,49,59)(H,50,62)(H,51,61)(H4,37,38,52)(H4,39,40,53)(H4,41,42,54)(H4,43,44,55).